The summed E-state index contributed by atoms with van der Waals surface area (Å²) in [5.41, 5.74) is 7.58. The standard InChI is InChI=1S/C30H25N3O2/c1-20-28-26(21(2)31-29(20)30(34)35-3)18-19-27(32-28)22-14-16-25(17-15-22)33(23-10-6-4-7-11-23)24-12-8-5-9-13-24/h4-19H,1-3H3. The minimum absolute atomic E-state index is 0.305. The molecule has 35 heavy (non-hydrogen) atoms. The molecule has 5 heteroatoms. The number of benzene rings is 3. The Morgan fingerprint density at radius 2 is 1.29 bits per heavy atom. The second-order valence-electron chi connectivity index (χ2n) is 8.31. The van der Waals surface area contributed by atoms with Crippen molar-refractivity contribution in [3.05, 3.63) is 114 Å². The van der Waals surface area contributed by atoms with Gasteiger partial charge in [0.05, 0.1) is 18.3 Å². The van der Waals surface area contributed by atoms with E-state index in [1.54, 1.807) is 0 Å². The molecule has 0 N–H and O–H groups in total. The monoisotopic (exact) mass is 459 g/mol. The fourth-order valence-electron chi connectivity index (χ4n) is 4.30. The molecule has 0 fully saturated rings. The maximum atomic E-state index is 12.2. The van der Waals surface area contributed by atoms with Crippen molar-refractivity contribution in [3.8, 4) is 11.3 Å². The van der Waals surface area contributed by atoms with E-state index in [-0.39, 0.29) is 0 Å². The predicted octanol–water partition coefficient (Wildman–Crippen LogP) is 7.17. The van der Waals surface area contributed by atoms with Gasteiger partial charge in [0, 0.05) is 39.3 Å². The fraction of sp³-hybridized carbons (Fsp3) is 0.100. The van der Waals surface area contributed by atoms with Crippen LogP contribution in [0.4, 0.5) is 17.1 Å². The van der Waals surface area contributed by atoms with Crippen LogP contribution in [0.25, 0.3) is 22.2 Å². The molecule has 2 heterocycles. The molecular weight excluding hydrogens is 434 g/mol. The molecule has 0 bridgehead atoms. The number of nitrogens with zero attached hydrogens (tertiary/aromatic N) is 3. The smallest absolute Gasteiger partial charge is 0.357 e. The van der Waals surface area contributed by atoms with Gasteiger partial charge in [-0.15, -0.1) is 0 Å². The molecule has 5 rings (SSSR count). The van der Waals surface area contributed by atoms with Gasteiger partial charge in [-0.2, -0.15) is 0 Å². The van der Waals surface area contributed by atoms with Crippen LogP contribution >= 0.6 is 0 Å². The van der Waals surface area contributed by atoms with Gasteiger partial charge >= 0.3 is 5.97 Å². The molecule has 172 valence electrons. The number of esters is 1. The molecule has 5 nitrogen and oxygen atoms in total. The Morgan fingerprint density at radius 1 is 0.714 bits per heavy atom. The van der Waals surface area contributed by atoms with E-state index in [0.717, 1.165) is 50.5 Å². The molecule has 0 saturated carbocycles. The lowest BCUT2D eigenvalue weighted by atomic mass is 10.0. The number of hydrogen-bond acceptors (Lipinski definition) is 5. The summed E-state index contributed by atoms with van der Waals surface area (Å²) >= 11 is 0. The second-order valence-corrected chi connectivity index (χ2v) is 8.31. The Labute approximate surface area is 204 Å². The number of rotatable bonds is 5. The lowest BCUT2D eigenvalue weighted by molar-refractivity contribution is 0.0593. The Morgan fingerprint density at radius 3 is 1.86 bits per heavy atom. The van der Waals surface area contributed by atoms with Gasteiger partial charge in [-0.05, 0) is 62.4 Å². The maximum absolute atomic E-state index is 12.2. The summed E-state index contributed by atoms with van der Waals surface area (Å²) in [6.45, 7) is 3.74. The summed E-state index contributed by atoms with van der Waals surface area (Å²) in [7, 11) is 1.36. The summed E-state index contributed by atoms with van der Waals surface area (Å²) in [6.07, 6.45) is 0. The van der Waals surface area contributed by atoms with E-state index in [1.165, 1.54) is 7.11 Å². The van der Waals surface area contributed by atoms with Crippen LogP contribution in [0.5, 0.6) is 0 Å². The second kappa shape index (κ2) is 9.39. The third-order valence-electron chi connectivity index (χ3n) is 6.10. The van der Waals surface area contributed by atoms with E-state index in [1.807, 2.05) is 62.4 Å². The molecular formula is C30H25N3O2. The van der Waals surface area contributed by atoms with E-state index in [0.29, 0.717) is 5.69 Å². The molecule has 3 aromatic carbocycles. The van der Waals surface area contributed by atoms with Gasteiger partial charge < -0.3 is 9.64 Å². The SMILES string of the molecule is COC(=O)c1nc(C)c2ccc(-c3ccc(N(c4ccccc4)c4ccccc4)cc3)nc2c1C. The van der Waals surface area contributed by atoms with Crippen molar-refractivity contribution in [2.45, 2.75) is 13.8 Å². The number of carbonyl (C=O) groups excluding carboxylic acids is 1. The zero-order valence-corrected chi connectivity index (χ0v) is 19.9. The molecule has 0 aliphatic carbocycles. The van der Waals surface area contributed by atoms with E-state index in [9.17, 15) is 4.79 Å². The minimum atomic E-state index is -0.453. The van der Waals surface area contributed by atoms with Crippen molar-refractivity contribution in [1.82, 2.24) is 9.97 Å². The molecule has 2 aromatic heterocycles. The summed E-state index contributed by atoms with van der Waals surface area (Å²) < 4.78 is 4.91. The lowest BCUT2D eigenvalue weighted by Crippen LogP contribution is -2.09. The highest BCUT2D eigenvalue weighted by Gasteiger charge is 2.18. The van der Waals surface area contributed by atoms with Crippen LogP contribution in [0, 0.1) is 13.8 Å². The number of pyridine rings is 2. The van der Waals surface area contributed by atoms with Gasteiger partial charge in [0.25, 0.3) is 0 Å². The van der Waals surface area contributed by atoms with E-state index in [4.69, 9.17) is 9.72 Å². The van der Waals surface area contributed by atoms with Crippen molar-refractivity contribution in [1.29, 1.82) is 0 Å². The Hall–Kier alpha value is -4.51. The van der Waals surface area contributed by atoms with Gasteiger partial charge in [-0.1, -0.05) is 48.5 Å². The first-order valence-electron chi connectivity index (χ1n) is 11.4. The Kier molecular flexibility index (Phi) is 5.98. The molecule has 0 aliphatic rings. The van der Waals surface area contributed by atoms with Crippen molar-refractivity contribution >= 4 is 33.9 Å². The molecule has 0 unspecified atom stereocenters. The van der Waals surface area contributed by atoms with Crippen LogP contribution in [0.15, 0.2) is 97.1 Å². The number of methoxy groups -OCH3 is 1. The van der Waals surface area contributed by atoms with Gasteiger partial charge in [0.2, 0.25) is 0 Å². The number of aryl methyl sites for hydroxylation is 2. The van der Waals surface area contributed by atoms with Gasteiger partial charge in [0.15, 0.2) is 5.69 Å². The average molecular weight is 460 g/mol. The van der Waals surface area contributed by atoms with Crippen molar-refractivity contribution in [3.63, 3.8) is 0 Å². The number of ether oxygens (including phenoxy) is 1. The maximum Gasteiger partial charge on any atom is 0.357 e. The first kappa shape index (κ1) is 22.3. The average Bonchev–Trinajstić information content (AvgIpc) is 2.92. The van der Waals surface area contributed by atoms with Crippen LogP contribution in [0.1, 0.15) is 21.7 Å². The van der Waals surface area contributed by atoms with Crippen molar-refractivity contribution in [2.24, 2.45) is 0 Å². The third-order valence-corrected chi connectivity index (χ3v) is 6.10. The predicted molar refractivity (Wildman–Crippen MR) is 140 cm³/mol. The normalized spacial score (nSPS) is 10.8. The largest absolute Gasteiger partial charge is 0.464 e. The highest BCUT2D eigenvalue weighted by atomic mass is 16.5. The number of fused-ring (bicyclic) bond motifs is 1. The van der Waals surface area contributed by atoms with Crippen LogP contribution in [-0.2, 0) is 4.74 Å². The number of aromatic nitrogens is 2. The fourth-order valence-corrected chi connectivity index (χ4v) is 4.30. The molecule has 0 aliphatic heterocycles. The minimum Gasteiger partial charge on any atom is -0.464 e. The molecule has 5 aromatic rings. The summed E-state index contributed by atoms with van der Waals surface area (Å²) in [5, 5.41) is 0.926. The summed E-state index contributed by atoms with van der Waals surface area (Å²) in [4.78, 5) is 23.8. The summed E-state index contributed by atoms with van der Waals surface area (Å²) in [6, 6.07) is 33.0. The van der Waals surface area contributed by atoms with Crippen molar-refractivity contribution in [2.75, 3.05) is 12.0 Å². The number of hydrogen-bond donors (Lipinski definition) is 0. The van der Waals surface area contributed by atoms with Gasteiger partial charge in [0.1, 0.15) is 0 Å². The molecule has 0 spiro atoms. The first-order valence-corrected chi connectivity index (χ1v) is 11.4. The van der Waals surface area contributed by atoms with Crippen LogP contribution in [-0.4, -0.2) is 23.0 Å². The van der Waals surface area contributed by atoms with E-state index < -0.39 is 5.97 Å². The molecule has 0 saturated heterocycles. The summed E-state index contributed by atoms with van der Waals surface area (Å²) in [5.74, 6) is -0.453. The number of para-hydroxylation sites is 2. The van der Waals surface area contributed by atoms with Crippen LogP contribution in [0.3, 0.4) is 0 Å². The first-order chi connectivity index (χ1) is 17.1. The van der Waals surface area contributed by atoms with Gasteiger partial charge in [-0.25, -0.2) is 14.8 Å². The highest BCUT2D eigenvalue weighted by molar-refractivity contribution is 5.96. The topological polar surface area (TPSA) is 55.3 Å². The Bertz CT molecular complexity index is 1460. The lowest BCUT2D eigenvalue weighted by Gasteiger charge is -2.25. The molecule has 0 radical (unpaired) electrons. The zero-order chi connectivity index (χ0) is 24.4. The van der Waals surface area contributed by atoms with E-state index in [2.05, 4.69) is 58.4 Å². The highest BCUT2D eigenvalue weighted by Crippen LogP contribution is 2.35. The van der Waals surface area contributed by atoms with Gasteiger partial charge in [-0.3, -0.25) is 0 Å². The molecule has 0 atom stereocenters. The van der Waals surface area contributed by atoms with Crippen molar-refractivity contribution < 1.29 is 9.53 Å². The molecule has 0 amide bonds. The van der Waals surface area contributed by atoms with Crippen LogP contribution < -0.4 is 4.90 Å². The number of carbonyl (C=O) groups is 1. The van der Waals surface area contributed by atoms with E-state index >= 15 is 0 Å². The van der Waals surface area contributed by atoms with Crippen LogP contribution in [0.2, 0.25) is 0 Å². The zero-order valence-electron chi connectivity index (χ0n) is 19.9. The Balaban J connectivity index is 1.56. The quantitative estimate of drug-likeness (QED) is 0.261. The third kappa shape index (κ3) is 4.24. The number of anilines is 3.